The first-order chi connectivity index (χ1) is 29.3. The first kappa shape index (κ1) is 32.2. The van der Waals surface area contributed by atoms with Crippen LogP contribution in [0, 0.1) is 0 Å². The summed E-state index contributed by atoms with van der Waals surface area (Å²) in [5, 5.41) is 10.2. The number of hydrogen-bond acceptors (Lipinski definition) is 0. The Hall–Kier alpha value is -7.88. The lowest BCUT2D eigenvalue weighted by molar-refractivity contribution is 1.18. The van der Waals surface area contributed by atoms with E-state index in [1.165, 1.54) is 98.4 Å². The fourth-order valence-electron chi connectivity index (χ4n) is 9.96. The van der Waals surface area contributed by atoms with Crippen LogP contribution in [0.15, 0.2) is 212 Å². The Kier molecular flexibility index (Phi) is 6.72. The van der Waals surface area contributed by atoms with E-state index in [0.717, 1.165) is 17.1 Å². The molecule has 0 N–H and O–H groups in total. The van der Waals surface area contributed by atoms with Crippen molar-refractivity contribution in [1.82, 2.24) is 13.7 Å². The molecule has 274 valence electrons. The van der Waals surface area contributed by atoms with E-state index in [-0.39, 0.29) is 0 Å². The van der Waals surface area contributed by atoms with E-state index in [4.69, 9.17) is 0 Å². The van der Waals surface area contributed by atoms with Gasteiger partial charge in [0.2, 0.25) is 0 Å². The molecule has 0 bridgehead atoms. The number of fused-ring (bicyclic) bond motifs is 6. The highest BCUT2D eigenvalue weighted by Gasteiger charge is 2.20. The van der Waals surface area contributed by atoms with Crippen molar-refractivity contribution in [3.8, 4) is 39.3 Å². The molecule has 0 unspecified atom stereocenters. The Morgan fingerprint density at radius 1 is 0.220 bits per heavy atom. The lowest BCUT2D eigenvalue weighted by Crippen LogP contribution is -1.95. The normalized spacial score (nSPS) is 12.1. The van der Waals surface area contributed by atoms with Crippen LogP contribution < -0.4 is 0 Å². The van der Waals surface area contributed by atoms with Gasteiger partial charge in [0.15, 0.2) is 0 Å². The van der Waals surface area contributed by atoms with E-state index in [2.05, 4.69) is 226 Å². The van der Waals surface area contributed by atoms with Crippen molar-refractivity contribution in [2.75, 3.05) is 0 Å². The van der Waals surface area contributed by atoms with Crippen LogP contribution in [0.4, 0.5) is 0 Å². The average Bonchev–Trinajstić information content (AvgIpc) is 3.95. The van der Waals surface area contributed by atoms with Gasteiger partial charge in [-0.3, -0.25) is 0 Å². The van der Waals surface area contributed by atoms with Gasteiger partial charge in [-0.15, -0.1) is 0 Å². The summed E-state index contributed by atoms with van der Waals surface area (Å²) in [7, 11) is 0. The highest BCUT2D eigenvalue weighted by Crippen LogP contribution is 2.44. The van der Waals surface area contributed by atoms with E-state index >= 15 is 0 Å². The number of rotatable bonds is 5. The third-order valence-corrected chi connectivity index (χ3v) is 12.6. The molecule has 13 aromatic rings. The van der Waals surface area contributed by atoms with Crippen LogP contribution in [0.5, 0.6) is 0 Å². The zero-order valence-electron chi connectivity index (χ0n) is 32.0. The Balaban J connectivity index is 0.956. The molecule has 0 amide bonds. The molecule has 0 aliphatic heterocycles. The molecule has 0 radical (unpaired) electrons. The fraction of sp³-hybridized carbons (Fsp3) is 0. The molecule has 59 heavy (non-hydrogen) atoms. The third kappa shape index (κ3) is 4.70. The number of hydrogen-bond donors (Lipinski definition) is 0. The van der Waals surface area contributed by atoms with Gasteiger partial charge in [-0.1, -0.05) is 127 Å². The molecule has 0 aliphatic rings. The van der Waals surface area contributed by atoms with Crippen molar-refractivity contribution in [3.63, 3.8) is 0 Å². The Morgan fingerprint density at radius 2 is 0.542 bits per heavy atom. The molecule has 0 saturated heterocycles. The lowest BCUT2D eigenvalue weighted by Gasteiger charge is -2.12. The highest BCUT2D eigenvalue weighted by atomic mass is 15.0. The Bertz CT molecular complexity index is 3410. The van der Waals surface area contributed by atoms with Crippen LogP contribution in [-0.4, -0.2) is 13.7 Å². The van der Waals surface area contributed by atoms with Gasteiger partial charge in [-0.2, -0.15) is 0 Å². The van der Waals surface area contributed by atoms with Crippen LogP contribution in [0.3, 0.4) is 0 Å². The maximum Gasteiger partial charge on any atom is 0.0553 e. The Labute approximate surface area is 340 Å². The van der Waals surface area contributed by atoms with E-state index in [0.29, 0.717) is 0 Å². The van der Waals surface area contributed by atoms with Crippen LogP contribution in [0.2, 0.25) is 0 Å². The predicted octanol–water partition coefficient (Wildman–Crippen LogP) is 14.9. The molecule has 0 saturated carbocycles. The molecule has 0 fully saturated rings. The predicted molar refractivity (Wildman–Crippen MR) is 249 cm³/mol. The topological polar surface area (TPSA) is 14.8 Å². The summed E-state index contributed by atoms with van der Waals surface area (Å²) in [6.45, 7) is 0. The van der Waals surface area contributed by atoms with E-state index < -0.39 is 0 Å². The van der Waals surface area contributed by atoms with Crippen molar-refractivity contribution >= 4 is 76.2 Å². The van der Waals surface area contributed by atoms with Crippen LogP contribution >= 0.6 is 0 Å². The zero-order valence-corrected chi connectivity index (χ0v) is 32.0. The molecule has 13 rings (SSSR count). The Morgan fingerprint density at radius 3 is 0.932 bits per heavy atom. The number of aromatic nitrogens is 3. The second-order valence-corrected chi connectivity index (χ2v) is 15.8. The highest BCUT2D eigenvalue weighted by molar-refractivity contribution is 6.26. The molecule has 0 spiro atoms. The summed E-state index contributed by atoms with van der Waals surface area (Å²) in [4.78, 5) is 0. The van der Waals surface area contributed by atoms with Gasteiger partial charge in [0, 0.05) is 49.4 Å². The minimum absolute atomic E-state index is 1.16. The average molecular weight is 750 g/mol. The lowest BCUT2D eigenvalue weighted by atomic mass is 9.95. The minimum Gasteiger partial charge on any atom is -0.309 e. The third-order valence-electron chi connectivity index (χ3n) is 12.6. The molecule has 0 aliphatic carbocycles. The van der Waals surface area contributed by atoms with Crippen LogP contribution in [-0.2, 0) is 0 Å². The number of nitrogens with zero attached hydrogens (tertiary/aromatic N) is 3. The van der Waals surface area contributed by atoms with Crippen molar-refractivity contribution < 1.29 is 0 Å². The zero-order chi connectivity index (χ0) is 38.6. The van der Waals surface area contributed by atoms with Gasteiger partial charge < -0.3 is 13.7 Å². The first-order valence-electron chi connectivity index (χ1n) is 20.3. The molecule has 3 heteroatoms. The van der Waals surface area contributed by atoms with Crippen molar-refractivity contribution in [2.24, 2.45) is 0 Å². The van der Waals surface area contributed by atoms with E-state index in [9.17, 15) is 0 Å². The second-order valence-electron chi connectivity index (χ2n) is 15.8. The summed E-state index contributed by atoms with van der Waals surface area (Å²) >= 11 is 0. The number of benzene rings is 10. The second kappa shape index (κ2) is 12.3. The maximum atomic E-state index is 2.47. The van der Waals surface area contributed by atoms with E-state index in [1.54, 1.807) is 0 Å². The van der Waals surface area contributed by atoms with Gasteiger partial charge >= 0.3 is 0 Å². The van der Waals surface area contributed by atoms with Gasteiger partial charge in [0.05, 0.1) is 33.1 Å². The largest absolute Gasteiger partial charge is 0.309 e. The summed E-state index contributed by atoms with van der Waals surface area (Å²) in [5.41, 5.74) is 15.6. The number of para-hydroxylation sites is 5. The summed E-state index contributed by atoms with van der Waals surface area (Å²) in [6, 6.07) is 78.0. The molecular formula is C56H35N3. The summed E-state index contributed by atoms with van der Waals surface area (Å²) in [6.07, 6.45) is 0. The SMILES string of the molecule is c1ccc(-n2c3cc(-c4ccc(-n5c6ccccc6c6ccccc65)cc4)cc4ccc5cc(-c6ccc(-n7c8ccccc8c8ccccc87)cc6)cc2c5c43)cc1. The molecule has 3 nitrogen and oxygen atoms in total. The van der Waals surface area contributed by atoms with Gasteiger partial charge in [0.1, 0.15) is 0 Å². The van der Waals surface area contributed by atoms with Crippen LogP contribution in [0.25, 0.3) is 116 Å². The van der Waals surface area contributed by atoms with Gasteiger partial charge in [-0.25, -0.2) is 0 Å². The van der Waals surface area contributed by atoms with Crippen molar-refractivity contribution in [2.45, 2.75) is 0 Å². The minimum atomic E-state index is 1.16. The maximum absolute atomic E-state index is 2.47. The summed E-state index contributed by atoms with van der Waals surface area (Å²) < 4.78 is 7.24. The monoisotopic (exact) mass is 749 g/mol. The van der Waals surface area contributed by atoms with Gasteiger partial charge in [-0.05, 0) is 118 Å². The van der Waals surface area contributed by atoms with Crippen molar-refractivity contribution in [3.05, 3.63) is 212 Å². The fourth-order valence-corrected chi connectivity index (χ4v) is 9.96. The van der Waals surface area contributed by atoms with Gasteiger partial charge in [0.25, 0.3) is 0 Å². The van der Waals surface area contributed by atoms with E-state index in [1.807, 2.05) is 0 Å². The molecule has 3 heterocycles. The summed E-state index contributed by atoms with van der Waals surface area (Å²) in [5.74, 6) is 0. The standard InChI is InChI=1S/C56H35N3/c1-2-12-42(13-3-1)59-53-34-40(36-24-28-43(29-25-36)57-49-18-8-4-14-45(49)46-15-5-9-19-50(46)57)32-38-22-23-39-33-41(35-54(59)56(39)55(38)53)37-26-30-44(31-27-37)58-51-20-10-6-16-47(51)48-17-7-11-21-52(48)58/h1-35H. The quantitative estimate of drug-likeness (QED) is 0.156. The van der Waals surface area contributed by atoms with Crippen LogP contribution in [0.1, 0.15) is 0 Å². The first-order valence-corrected chi connectivity index (χ1v) is 20.3. The smallest absolute Gasteiger partial charge is 0.0553 e. The molecule has 3 aromatic heterocycles. The molecular weight excluding hydrogens is 715 g/mol. The van der Waals surface area contributed by atoms with Crippen molar-refractivity contribution in [1.29, 1.82) is 0 Å². The molecule has 10 aromatic carbocycles. The molecule has 0 atom stereocenters.